The minimum absolute atomic E-state index is 0.433. The van der Waals surface area contributed by atoms with Gasteiger partial charge in [0, 0.05) is 6.20 Å². The number of rotatable bonds is 1. The third kappa shape index (κ3) is 1.34. The van der Waals surface area contributed by atoms with Crippen molar-refractivity contribution in [3.05, 3.63) is 54.2 Å². The number of hydrogen-bond acceptors (Lipinski definition) is 3. The van der Waals surface area contributed by atoms with Crippen LogP contribution in [0.2, 0.25) is 0 Å². The second kappa shape index (κ2) is 3.52. The lowest BCUT2D eigenvalue weighted by Crippen LogP contribution is -2.25. The summed E-state index contributed by atoms with van der Waals surface area (Å²) in [4.78, 5) is 29.1. The van der Waals surface area contributed by atoms with Crippen LogP contribution < -0.4 is 4.90 Å². The number of fused-ring (bicyclic) bond motifs is 1. The van der Waals surface area contributed by atoms with E-state index in [0.717, 1.165) is 0 Å². The molecule has 0 bridgehead atoms. The highest BCUT2D eigenvalue weighted by molar-refractivity contribution is 6.53. The molecule has 0 spiro atoms. The maximum atomic E-state index is 11.9. The van der Waals surface area contributed by atoms with E-state index in [4.69, 9.17) is 0 Å². The fourth-order valence-electron chi connectivity index (χ4n) is 1.90. The summed E-state index contributed by atoms with van der Waals surface area (Å²) < 4.78 is 0. The zero-order valence-corrected chi connectivity index (χ0v) is 8.83. The molecule has 0 aliphatic carbocycles. The third-order valence-corrected chi connectivity index (χ3v) is 2.67. The quantitative estimate of drug-likeness (QED) is 0.695. The van der Waals surface area contributed by atoms with E-state index in [1.54, 1.807) is 48.7 Å². The Labute approximate surface area is 97.5 Å². The molecule has 1 aliphatic heterocycles. The van der Waals surface area contributed by atoms with Gasteiger partial charge in [0.25, 0.3) is 5.78 Å². The molecule has 1 aromatic carbocycles. The van der Waals surface area contributed by atoms with Crippen LogP contribution in [0, 0.1) is 0 Å². The van der Waals surface area contributed by atoms with Crippen LogP contribution in [0.25, 0.3) is 0 Å². The van der Waals surface area contributed by atoms with E-state index < -0.39 is 11.7 Å². The highest BCUT2D eigenvalue weighted by Crippen LogP contribution is 2.33. The van der Waals surface area contributed by atoms with Crippen LogP contribution >= 0.6 is 0 Å². The van der Waals surface area contributed by atoms with Gasteiger partial charge in [0.2, 0.25) is 0 Å². The van der Waals surface area contributed by atoms with Gasteiger partial charge in [-0.15, -0.1) is 0 Å². The number of ketones is 1. The van der Waals surface area contributed by atoms with E-state index in [1.165, 1.54) is 4.90 Å². The second-order valence-corrected chi connectivity index (χ2v) is 3.67. The Balaban J connectivity index is 2.20. The average Bonchev–Trinajstić information content (AvgIpc) is 2.64. The topological polar surface area (TPSA) is 50.3 Å². The molecule has 4 nitrogen and oxygen atoms in total. The van der Waals surface area contributed by atoms with E-state index in [-0.39, 0.29) is 0 Å². The van der Waals surface area contributed by atoms with E-state index in [2.05, 4.69) is 4.98 Å². The number of benzene rings is 1. The standard InChI is InChI=1S/C13H8N2O2/c16-12-9-5-1-2-6-10(9)15(13(12)17)11-7-3-4-8-14-11/h1-8H. The second-order valence-electron chi connectivity index (χ2n) is 3.67. The lowest BCUT2D eigenvalue weighted by atomic mass is 10.1. The monoisotopic (exact) mass is 224 g/mol. The predicted molar refractivity (Wildman–Crippen MR) is 62.2 cm³/mol. The van der Waals surface area contributed by atoms with Gasteiger partial charge in [0.1, 0.15) is 5.82 Å². The Morgan fingerprint density at radius 2 is 1.71 bits per heavy atom. The van der Waals surface area contributed by atoms with Gasteiger partial charge in [-0.25, -0.2) is 4.98 Å². The number of para-hydroxylation sites is 1. The number of Topliss-reactive ketones (excluding diaryl/α,β-unsaturated/α-hetero) is 1. The molecule has 0 fully saturated rings. The molecule has 0 atom stereocenters. The number of carbonyl (C=O) groups is 2. The smallest absolute Gasteiger partial charge is 0.283 e. The van der Waals surface area contributed by atoms with Gasteiger partial charge in [-0.2, -0.15) is 0 Å². The summed E-state index contributed by atoms with van der Waals surface area (Å²) in [6.45, 7) is 0. The molecular formula is C13H8N2O2. The minimum Gasteiger partial charge on any atom is -0.283 e. The normalized spacial score (nSPS) is 14.0. The van der Waals surface area contributed by atoms with Crippen molar-refractivity contribution in [1.82, 2.24) is 4.98 Å². The number of amides is 1. The largest absolute Gasteiger partial charge is 0.305 e. The van der Waals surface area contributed by atoms with Crippen molar-refractivity contribution < 1.29 is 9.59 Å². The van der Waals surface area contributed by atoms with Crippen LogP contribution in [-0.4, -0.2) is 16.7 Å². The summed E-state index contributed by atoms with van der Waals surface area (Å²) in [6.07, 6.45) is 1.59. The average molecular weight is 224 g/mol. The van der Waals surface area contributed by atoms with Gasteiger partial charge < -0.3 is 0 Å². The number of nitrogens with zero attached hydrogens (tertiary/aromatic N) is 2. The van der Waals surface area contributed by atoms with E-state index in [0.29, 0.717) is 17.1 Å². The summed E-state index contributed by atoms with van der Waals surface area (Å²) >= 11 is 0. The molecule has 3 rings (SSSR count). The summed E-state index contributed by atoms with van der Waals surface area (Å²) in [6, 6.07) is 12.2. The lowest BCUT2D eigenvalue weighted by molar-refractivity contribution is -0.113. The molecular weight excluding hydrogens is 216 g/mol. The van der Waals surface area contributed by atoms with Crippen LogP contribution in [0.15, 0.2) is 48.7 Å². The molecule has 0 unspecified atom stereocenters. The zero-order chi connectivity index (χ0) is 11.8. The molecule has 2 heterocycles. The number of aromatic nitrogens is 1. The molecule has 0 saturated heterocycles. The number of pyridine rings is 1. The summed E-state index contributed by atoms with van der Waals surface area (Å²) in [5, 5.41) is 0. The van der Waals surface area contributed by atoms with Gasteiger partial charge >= 0.3 is 5.91 Å². The van der Waals surface area contributed by atoms with Gasteiger partial charge in [-0.05, 0) is 24.3 Å². The van der Waals surface area contributed by atoms with Crippen molar-refractivity contribution in [2.24, 2.45) is 0 Å². The van der Waals surface area contributed by atoms with Gasteiger partial charge in [-0.3, -0.25) is 14.5 Å². The predicted octanol–water partition coefficient (Wildman–Crippen LogP) is 1.94. The van der Waals surface area contributed by atoms with Crippen LogP contribution in [-0.2, 0) is 4.79 Å². The highest BCUT2D eigenvalue weighted by atomic mass is 16.2. The first-order valence-electron chi connectivity index (χ1n) is 5.18. The third-order valence-electron chi connectivity index (χ3n) is 2.67. The van der Waals surface area contributed by atoms with Crippen molar-refractivity contribution in [1.29, 1.82) is 0 Å². The Kier molecular flexibility index (Phi) is 2.01. The van der Waals surface area contributed by atoms with Crippen LogP contribution in [0.5, 0.6) is 0 Å². The Hall–Kier alpha value is -2.49. The van der Waals surface area contributed by atoms with E-state index in [9.17, 15) is 9.59 Å². The lowest BCUT2D eigenvalue weighted by Gasteiger charge is -2.14. The van der Waals surface area contributed by atoms with Crippen LogP contribution in [0.4, 0.5) is 11.5 Å². The summed E-state index contributed by atoms with van der Waals surface area (Å²) in [7, 11) is 0. The maximum Gasteiger partial charge on any atom is 0.305 e. The maximum absolute atomic E-state index is 11.9. The fraction of sp³-hybridized carbons (Fsp3) is 0. The first-order valence-corrected chi connectivity index (χ1v) is 5.18. The van der Waals surface area contributed by atoms with Crippen LogP contribution in [0.1, 0.15) is 10.4 Å². The van der Waals surface area contributed by atoms with Crippen molar-refractivity contribution in [2.45, 2.75) is 0 Å². The number of hydrogen-bond donors (Lipinski definition) is 0. The summed E-state index contributed by atoms with van der Waals surface area (Å²) in [5.41, 5.74) is 1.03. The first-order chi connectivity index (χ1) is 8.29. The van der Waals surface area contributed by atoms with Gasteiger partial charge in [0.15, 0.2) is 0 Å². The van der Waals surface area contributed by atoms with Gasteiger partial charge in [0.05, 0.1) is 11.3 Å². The molecule has 1 amide bonds. The van der Waals surface area contributed by atoms with Crippen molar-refractivity contribution in [3.8, 4) is 0 Å². The molecule has 2 aromatic rings. The molecule has 1 aliphatic rings. The van der Waals surface area contributed by atoms with Gasteiger partial charge in [-0.1, -0.05) is 18.2 Å². The fourth-order valence-corrected chi connectivity index (χ4v) is 1.90. The SMILES string of the molecule is O=C1C(=O)N(c2ccccn2)c2ccccc21. The van der Waals surface area contributed by atoms with Crippen LogP contribution in [0.3, 0.4) is 0 Å². The van der Waals surface area contributed by atoms with Crippen molar-refractivity contribution >= 4 is 23.2 Å². The molecule has 1 aromatic heterocycles. The Morgan fingerprint density at radius 1 is 0.941 bits per heavy atom. The molecule has 82 valence electrons. The van der Waals surface area contributed by atoms with E-state index >= 15 is 0 Å². The highest BCUT2D eigenvalue weighted by Gasteiger charge is 2.36. The number of carbonyl (C=O) groups excluding carboxylic acids is 2. The molecule has 0 radical (unpaired) electrons. The molecule has 4 heteroatoms. The zero-order valence-electron chi connectivity index (χ0n) is 8.83. The Morgan fingerprint density at radius 3 is 2.47 bits per heavy atom. The minimum atomic E-state index is -0.551. The molecule has 0 saturated carbocycles. The van der Waals surface area contributed by atoms with Crippen molar-refractivity contribution in [2.75, 3.05) is 4.90 Å². The summed E-state index contributed by atoms with van der Waals surface area (Å²) in [5.74, 6) is -0.563. The molecule has 17 heavy (non-hydrogen) atoms. The first kappa shape index (κ1) is 9.72. The van der Waals surface area contributed by atoms with E-state index in [1.807, 2.05) is 0 Å². The number of anilines is 2. The van der Waals surface area contributed by atoms with Crippen molar-refractivity contribution in [3.63, 3.8) is 0 Å². The Bertz CT molecular complexity index is 608. The molecule has 0 N–H and O–H groups in total.